The first-order valence-electron chi connectivity index (χ1n) is 10.8. The van der Waals surface area contributed by atoms with Gasteiger partial charge in [0, 0.05) is 6.08 Å². The van der Waals surface area contributed by atoms with Gasteiger partial charge in [0.2, 0.25) is 0 Å². The number of carboxylic acid groups (broad SMARTS) is 1. The monoisotopic (exact) mass is 381 g/mol. The molecule has 0 aromatic rings. The van der Waals surface area contributed by atoms with Crippen molar-refractivity contribution in [2.24, 2.45) is 28.3 Å². The Balaban J connectivity index is 4.40. The molecule has 0 spiro atoms. The zero-order chi connectivity index (χ0) is 20.5. The van der Waals surface area contributed by atoms with Crippen LogP contribution < -0.4 is 11.5 Å². The molecule has 1 atom stereocenters. The van der Waals surface area contributed by atoms with Gasteiger partial charge in [-0.05, 0) is 30.3 Å². The van der Waals surface area contributed by atoms with Gasteiger partial charge in [0.25, 0.3) is 0 Å². The first-order chi connectivity index (χ1) is 12.8. The topological polar surface area (TPSA) is 102 Å². The second-order valence-corrected chi connectivity index (χ2v) is 8.17. The summed E-state index contributed by atoms with van der Waals surface area (Å²) in [6.45, 7) is 7.10. The average molecular weight is 382 g/mol. The van der Waals surface area contributed by atoms with E-state index in [1.54, 1.807) is 0 Å². The number of carbonyl (C=O) groups is 1. The number of carboxylic acids is 1. The summed E-state index contributed by atoms with van der Waals surface area (Å²) in [5.41, 5.74) is 11.5. The minimum absolute atomic E-state index is 0.00386. The van der Waals surface area contributed by atoms with Gasteiger partial charge in [-0.15, -0.1) is 0 Å². The van der Waals surface area contributed by atoms with Crippen LogP contribution >= 0.6 is 0 Å². The normalized spacial score (nSPS) is 13.0. The molecule has 5 heteroatoms. The average Bonchev–Trinajstić information content (AvgIpc) is 2.59. The highest BCUT2D eigenvalue weighted by molar-refractivity contribution is 5.81. The van der Waals surface area contributed by atoms with E-state index in [1.165, 1.54) is 63.9 Å². The van der Waals surface area contributed by atoms with E-state index in [2.05, 4.69) is 25.8 Å². The fourth-order valence-corrected chi connectivity index (χ4v) is 3.40. The van der Waals surface area contributed by atoms with Crippen LogP contribution in [0.2, 0.25) is 0 Å². The molecule has 0 heterocycles. The number of unbranched alkanes of at least 4 members (excludes halogenated alkanes) is 5. The maximum absolute atomic E-state index is 11.0. The Kier molecular flexibility index (Phi) is 15.7. The predicted octanol–water partition coefficient (Wildman–Crippen LogP) is 5.24. The summed E-state index contributed by atoms with van der Waals surface area (Å²) in [7, 11) is 0. The van der Waals surface area contributed by atoms with Gasteiger partial charge in [-0.25, -0.2) is 9.79 Å². The second-order valence-electron chi connectivity index (χ2n) is 8.17. The van der Waals surface area contributed by atoms with Crippen LogP contribution in [0.25, 0.3) is 0 Å². The van der Waals surface area contributed by atoms with Crippen LogP contribution in [-0.2, 0) is 4.79 Å². The van der Waals surface area contributed by atoms with Crippen molar-refractivity contribution in [2.45, 2.75) is 97.8 Å². The summed E-state index contributed by atoms with van der Waals surface area (Å²) in [6.07, 6.45) is 16.0. The lowest BCUT2D eigenvalue weighted by atomic mass is 9.88. The van der Waals surface area contributed by atoms with Crippen molar-refractivity contribution >= 4 is 11.9 Å². The Morgan fingerprint density at radius 2 is 1.59 bits per heavy atom. The van der Waals surface area contributed by atoms with Crippen LogP contribution in [0.5, 0.6) is 0 Å². The van der Waals surface area contributed by atoms with Gasteiger partial charge in [-0.3, -0.25) is 0 Å². The summed E-state index contributed by atoms with van der Waals surface area (Å²) in [4.78, 5) is 15.0. The molecule has 5 nitrogen and oxygen atoms in total. The van der Waals surface area contributed by atoms with E-state index in [4.69, 9.17) is 16.6 Å². The lowest BCUT2D eigenvalue weighted by molar-refractivity contribution is -0.131. The minimum Gasteiger partial charge on any atom is -0.478 e. The van der Waals surface area contributed by atoms with Crippen LogP contribution in [0.1, 0.15) is 97.8 Å². The van der Waals surface area contributed by atoms with Crippen molar-refractivity contribution in [3.05, 3.63) is 11.6 Å². The van der Waals surface area contributed by atoms with E-state index in [-0.39, 0.29) is 12.5 Å². The fraction of sp³-hybridized carbons (Fsp3) is 0.818. The van der Waals surface area contributed by atoms with E-state index in [1.807, 2.05) is 0 Å². The smallest absolute Gasteiger partial charge is 0.328 e. The van der Waals surface area contributed by atoms with Crippen LogP contribution in [-0.4, -0.2) is 23.6 Å². The van der Waals surface area contributed by atoms with Gasteiger partial charge < -0.3 is 16.6 Å². The molecule has 0 rings (SSSR count). The van der Waals surface area contributed by atoms with E-state index in [9.17, 15) is 4.79 Å². The number of nitrogens with zero attached hydrogens (tertiary/aromatic N) is 1. The lowest BCUT2D eigenvalue weighted by Crippen LogP contribution is -2.23. The molecular weight excluding hydrogens is 338 g/mol. The highest BCUT2D eigenvalue weighted by Crippen LogP contribution is 2.25. The highest BCUT2D eigenvalue weighted by atomic mass is 16.4. The Morgan fingerprint density at radius 1 is 0.963 bits per heavy atom. The predicted molar refractivity (Wildman–Crippen MR) is 116 cm³/mol. The summed E-state index contributed by atoms with van der Waals surface area (Å²) in [5.74, 6) is 0.553. The molecular formula is C22H43N3O2. The third-order valence-electron chi connectivity index (χ3n) is 5.02. The molecule has 0 aliphatic rings. The van der Waals surface area contributed by atoms with Crippen molar-refractivity contribution in [2.75, 3.05) is 6.54 Å². The van der Waals surface area contributed by atoms with Crippen LogP contribution in [0.4, 0.5) is 0 Å². The molecule has 0 saturated carbocycles. The summed E-state index contributed by atoms with van der Waals surface area (Å²) in [5, 5.41) is 9.02. The molecule has 0 radical (unpaired) electrons. The van der Waals surface area contributed by atoms with Gasteiger partial charge in [0.1, 0.15) is 0 Å². The van der Waals surface area contributed by atoms with E-state index < -0.39 is 5.97 Å². The Labute approximate surface area is 166 Å². The van der Waals surface area contributed by atoms with E-state index in [0.29, 0.717) is 0 Å². The van der Waals surface area contributed by atoms with Crippen LogP contribution in [0.3, 0.4) is 0 Å². The number of aliphatic imine (C=N–C) groups is 1. The molecule has 0 aromatic heterocycles. The van der Waals surface area contributed by atoms with Gasteiger partial charge in [-0.2, -0.15) is 0 Å². The number of rotatable bonds is 17. The molecule has 0 aliphatic heterocycles. The molecule has 158 valence electrons. The molecule has 0 fully saturated rings. The van der Waals surface area contributed by atoms with Crippen LogP contribution in [0, 0.1) is 11.8 Å². The van der Waals surface area contributed by atoms with Crippen molar-refractivity contribution in [1.29, 1.82) is 0 Å². The molecule has 5 N–H and O–H groups in total. The quantitative estimate of drug-likeness (QED) is 0.139. The van der Waals surface area contributed by atoms with Crippen molar-refractivity contribution in [3.63, 3.8) is 0 Å². The first kappa shape index (κ1) is 25.5. The Bertz CT molecular complexity index is 441. The maximum Gasteiger partial charge on any atom is 0.328 e. The van der Waals surface area contributed by atoms with Gasteiger partial charge >= 0.3 is 5.97 Å². The molecule has 0 amide bonds. The Morgan fingerprint density at radius 3 is 2.19 bits per heavy atom. The highest BCUT2D eigenvalue weighted by Gasteiger charge is 2.11. The van der Waals surface area contributed by atoms with Crippen molar-refractivity contribution in [1.82, 2.24) is 0 Å². The molecule has 0 aliphatic carbocycles. The number of hydrogen-bond acceptors (Lipinski definition) is 2. The standard InChI is InChI=1S/C22H43N3O2/c1-4-5-6-7-8-9-11-19(15-14-18(2)3)12-10-13-20(16-21(26)27)17-25-22(23)24/h16,18-19H,4-15,17H2,1-3H3,(H,26,27)(H4,23,24,25)/b20-16-/t19-/m1/s1. The number of aliphatic carboxylic acids is 1. The Hall–Kier alpha value is -1.52. The molecule has 0 aromatic carbocycles. The molecule has 0 saturated heterocycles. The van der Waals surface area contributed by atoms with Crippen molar-refractivity contribution < 1.29 is 9.90 Å². The third kappa shape index (κ3) is 17.6. The largest absolute Gasteiger partial charge is 0.478 e. The lowest BCUT2D eigenvalue weighted by Gasteiger charge is -2.18. The second kappa shape index (κ2) is 16.6. The summed E-state index contributed by atoms with van der Waals surface area (Å²) in [6, 6.07) is 0. The van der Waals surface area contributed by atoms with E-state index in [0.717, 1.165) is 36.7 Å². The molecule has 0 bridgehead atoms. The number of hydrogen-bond donors (Lipinski definition) is 3. The maximum atomic E-state index is 11.0. The van der Waals surface area contributed by atoms with Crippen molar-refractivity contribution in [3.8, 4) is 0 Å². The van der Waals surface area contributed by atoms with Gasteiger partial charge in [0.05, 0.1) is 6.54 Å². The third-order valence-corrected chi connectivity index (χ3v) is 5.02. The summed E-state index contributed by atoms with van der Waals surface area (Å²) >= 11 is 0. The number of nitrogens with two attached hydrogens (primary N) is 2. The molecule has 27 heavy (non-hydrogen) atoms. The van der Waals surface area contributed by atoms with Crippen LogP contribution in [0.15, 0.2) is 16.6 Å². The first-order valence-corrected chi connectivity index (χ1v) is 10.8. The SMILES string of the molecule is CCCCCCCC[C@H](CCC/C(=C/C(=O)O)CN=C(N)N)CCC(C)C. The summed E-state index contributed by atoms with van der Waals surface area (Å²) < 4.78 is 0. The zero-order valence-corrected chi connectivity index (χ0v) is 17.9. The fourth-order valence-electron chi connectivity index (χ4n) is 3.40. The molecule has 0 unspecified atom stereocenters. The minimum atomic E-state index is -0.931. The number of guanidine groups is 1. The van der Waals surface area contributed by atoms with E-state index >= 15 is 0 Å². The zero-order valence-electron chi connectivity index (χ0n) is 17.9. The van der Waals surface area contributed by atoms with Gasteiger partial charge in [-0.1, -0.05) is 85.0 Å². The van der Waals surface area contributed by atoms with Gasteiger partial charge in [0.15, 0.2) is 5.96 Å².